The van der Waals surface area contributed by atoms with E-state index >= 15 is 0 Å². The highest BCUT2D eigenvalue weighted by atomic mass is 32.2. The van der Waals surface area contributed by atoms with Gasteiger partial charge in [0.2, 0.25) is 0 Å². The Morgan fingerprint density at radius 2 is 1.58 bits per heavy atom. The summed E-state index contributed by atoms with van der Waals surface area (Å²) in [4.78, 5) is 24.6. The predicted molar refractivity (Wildman–Crippen MR) is 120 cm³/mol. The molecule has 8 nitrogen and oxygen atoms in total. The van der Waals surface area contributed by atoms with Crippen LogP contribution in [0.2, 0.25) is 0 Å². The number of benzene rings is 3. The van der Waals surface area contributed by atoms with Crippen LogP contribution in [0.3, 0.4) is 0 Å². The molecule has 33 heavy (non-hydrogen) atoms. The first kappa shape index (κ1) is 23.7. The third-order valence-corrected chi connectivity index (χ3v) is 5.87. The van der Waals surface area contributed by atoms with Crippen molar-refractivity contribution in [2.24, 2.45) is 0 Å². The lowest BCUT2D eigenvalue weighted by Gasteiger charge is -2.14. The third-order valence-electron chi connectivity index (χ3n) is 4.49. The molecule has 0 aromatic heterocycles. The van der Waals surface area contributed by atoms with Crippen molar-refractivity contribution >= 4 is 33.3 Å². The van der Waals surface area contributed by atoms with Gasteiger partial charge in [-0.1, -0.05) is 6.07 Å². The van der Waals surface area contributed by atoms with E-state index in [0.717, 1.165) is 18.2 Å². The van der Waals surface area contributed by atoms with Crippen molar-refractivity contribution in [3.63, 3.8) is 0 Å². The van der Waals surface area contributed by atoms with Gasteiger partial charge in [0.05, 0.1) is 17.6 Å². The van der Waals surface area contributed by atoms with Crippen LogP contribution in [-0.4, -0.2) is 33.5 Å². The zero-order valence-corrected chi connectivity index (χ0v) is 18.6. The number of carbonyl (C=O) groups excluding carboxylic acids is 2. The molecule has 172 valence electrons. The predicted octanol–water partition coefficient (Wildman–Crippen LogP) is 3.82. The van der Waals surface area contributed by atoms with E-state index in [2.05, 4.69) is 10.0 Å². The molecule has 3 aromatic carbocycles. The summed E-state index contributed by atoms with van der Waals surface area (Å²) in [5.41, 5.74) is 0.595. The normalized spacial score (nSPS) is 11.8. The summed E-state index contributed by atoms with van der Waals surface area (Å²) in [5.74, 6) is -1.31. The van der Waals surface area contributed by atoms with Gasteiger partial charge in [-0.05, 0) is 73.7 Å². The van der Waals surface area contributed by atoms with Crippen LogP contribution in [0.1, 0.15) is 17.3 Å². The fourth-order valence-corrected chi connectivity index (χ4v) is 3.83. The summed E-state index contributed by atoms with van der Waals surface area (Å²) >= 11 is 0. The molecule has 0 saturated heterocycles. The molecule has 10 heteroatoms. The Morgan fingerprint density at radius 1 is 0.939 bits per heavy atom. The van der Waals surface area contributed by atoms with Crippen LogP contribution in [0.4, 0.5) is 15.8 Å². The molecule has 0 aliphatic rings. The number of anilines is 2. The van der Waals surface area contributed by atoms with Crippen molar-refractivity contribution in [1.29, 1.82) is 0 Å². The largest absolute Gasteiger partial charge is 0.497 e. The van der Waals surface area contributed by atoms with Crippen LogP contribution in [0, 0.1) is 5.82 Å². The first-order valence-corrected chi connectivity index (χ1v) is 11.2. The fraction of sp³-hybridized carbons (Fsp3) is 0.130. The fourth-order valence-electron chi connectivity index (χ4n) is 2.72. The smallest absolute Gasteiger partial charge is 0.338 e. The van der Waals surface area contributed by atoms with Gasteiger partial charge in [-0.2, -0.15) is 0 Å². The number of esters is 1. The maximum absolute atomic E-state index is 13.0. The van der Waals surface area contributed by atoms with Crippen molar-refractivity contribution in [3.8, 4) is 5.75 Å². The van der Waals surface area contributed by atoms with E-state index in [0.29, 0.717) is 11.4 Å². The van der Waals surface area contributed by atoms with Crippen LogP contribution in [0.25, 0.3) is 0 Å². The number of hydrogen-bond acceptors (Lipinski definition) is 6. The second-order valence-corrected chi connectivity index (χ2v) is 8.59. The maximum atomic E-state index is 13.0. The third kappa shape index (κ3) is 6.30. The number of ether oxygens (including phenoxy) is 2. The number of amides is 1. The highest BCUT2D eigenvalue weighted by Gasteiger charge is 2.21. The summed E-state index contributed by atoms with van der Waals surface area (Å²) in [7, 11) is -2.52. The Kier molecular flexibility index (Phi) is 7.29. The van der Waals surface area contributed by atoms with Crippen LogP contribution in [0.15, 0.2) is 77.7 Å². The molecule has 1 unspecified atom stereocenters. The van der Waals surface area contributed by atoms with E-state index in [9.17, 15) is 22.4 Å². The van der Waals surface area contributed by atoms with E-state index < -0.39 is 33.8 Å². The summed E-state index contributed by atoms with van der Waals surface area (Å²) in [6.07, 6.45) is -1.14. The van der Waals surface area contributed by atoms with Gasteiger partial charge in [0.15, 0.2) is 6.10 Å². The molecule has 0 bridgehead atoms. The molecule has 2 N–H and O–H groups in total. The second kappa shape index (κ2) is 10.1. The summed E-state index contributed by atoms with van der Waals surface area (Å²) < 4.78 is 50.8. The Balaban J connectivity index is 1.66. The molecule has 1 atom stereocenters. The molecule has 0 heterocycles. The first-order chi connectivity index (χ1) is 15.7. The average molecular weight is 472 g/mol. The number of methoxy groups -OCH3 is 1. The second-order valence-electron chi connectivity index (χ2n) is 6.91. The molecular weight excluding hydrogens is 451 g/mol. The van der Waals surface area contributed by atoms with Crippen LogP contribution >= 0.6 is 0 Å². The lowest BCUT2D eigenvalue weighted by molar-refractivity contribution is -0.123. The molecule has 3 rings (SSSR count). The highest BCUT2D eigenvalue weighted by molar-refractivity contribution is 7.92. The summed E-state index contributed by atoms with van der Waals surface area (Å²) in [5, 5.41) is 2.61. The molecule has 0 aliphatic carbocycles. The van der Waals surface area contributed by atoms with Gasteiger partial charge in [-0.3, -0.25) is 9.52 Å². The van der Waals surface area contributed by atoms with E-state index in [4.69, 9.17) is 9.47 Å². The Morgan fingerprint density at radius 3 is 2.21 bits per heavy atom. The molecule has 0 aliphatic heterocycles. The number of rotatable bonds is 8. The van der Waals surface area contributed by atoms with Gasteiger partial charge < -0.3 is 14.8 Å². The van der Waals surface area contributed by atoms with Crippen molar-refractivity contribution < 1.29 is 31.9 Å². The van der Waals surface area contributed by atoms with Gasteiger partial charge in [-0.15, -0.1) is 0 Å². The molecule has 3 aromatic rings. The summed E-state index contributed by atoms with van der Waals surface area (Å²) in [6, 6.07) is 16.5. The number of halogens is 1. The van der Waals surface area contributed by atoms with Crippen LogP contribution < -0.4 is 14.8 Å². The van der Waals surface area contributed by atoms with Crippen molar-refractivity contribution in [2.75, 3.05) is 17.1 Å². The molecular formula is C23H21FN2O6S. The molecule has 0 radical (unpaired) electrons. The van der Waals surface area contributed by atoms with Crippen LogP contribution in [-0.2, 0) is 19.6 Å². The zero-order valence-electron chi connectivity index (χ0n) is 17.7. The van der Waals surface area contributed by atoms with Gasteiger partial charge in [0.25, 0.3) is 15.9 Å². The SMILES string of the molecule is COc1ccc(NC(=O)C(C)OC(=O)c2cccc(S(=O)(=O)Nc3ccc(F)cc3)c2)cc1. The van der Waals surface area contributed by atoms with E-state index in [1.165, 1.54) is 44.4 Å². The lowest BCUT2D eigenvalue weighted by atomic mass is 10.2. The first-order valence-electron chi connectivity index (χ1n) is 9.72. The zero-order chi connectivity index (χ0) is 24.0. The quantitative estimate of drug-likeness (QED) is 0.482. The summed E-state index contributed by atoms with van der Waals surface area (Å²) in [6.45, 7) is 1.40. The minimum atomic E-state index is -4.04. The Hall–Kier alpha value is -3.92. The average Bonchev–Trinajstić information content (AvgIpc) is 2.81. The number of carbonyl (C=O) groups is 2. The Bertz CT molecular complexity index is 1240. The topological polar surface area (TPSA) is 111 Å². The minimum Gasteiger partial charge on any atom is -0.497 e. The molecule has 1 amide bonds. The molecule has 0 fully saturated rings. The standard InChI is InChI=1S/C23H21FN2O6S/c1-15(22(27)25-18-10-12-20(31-2)13-11-18)32-23(28)16-4-3-5-21(14-16)33(29,30)26-19-8-6-17(24)7-9-19/h3-15,26H,1-2H3,(H,25,27). The number of hydrogen-bond donors (Lipinski definition) is 2. The minimum absolute atomic E-state index is 0.0546. The van der Waals surface area contributed by atoms with Crippen molar-refractivity contribution in [3.05, 3.63) is 84.2 Å². The van der Waals surface area contributed by atoms with E-state index in [-0.39, 0.29) is 16.1 Å². The van der Waals surface area contributed by atoms with E-state index in [1.54, 1.807) is 24.3 Å². The molecule has 0 saturated carbocycles. The number of sulfonamides is 1. The monoisotopic (exact) mass is 472 g/mol. The van der Waals surface area contributed by atoms with Crippen molar-refractivity contribution in [1.82, 2.24) is 0 Å². The highest BCUT2D eigenvalue weighted by Crippen LogP contribution is 2.19. The number of nitrogens with one attached hydrogen (secondary N) is 2. The Labute approximate surface area is 190 Å². The van der Waals surface area contributed by atoms with E-state index in [1.807, 2.05) is 0 Å². The van der Waals surface area contributed by atoms with Gasteiger partial charge >= 0.3 is 5.97 Å². The lowest BCUT2D eigenvalue weighted by Crippen LogP contribution is -2.30. The van der Waals surface area contributed by atoms with Gasteiger partial charge in [0, 0.05) is 11.4 Å². The molecule has 0 spiro atoms. The van der Waals surface area contributed by atoms with Gasteiger partial charge in [0.1, 0.15) is 11.6 Å². The van der Waals surface area contributed by atoms with Gasteiger partial charge in [-0.25, -0.2) is 17.6 Å². The van der Waals surface area contributed by atoms with Crippen LogP contribution in [0.5, 0.6) is 5.75 Å². The maximum Gasteiger partial charge on any atom is 0.338 e. The van der Waals surface area contributed by atoms with Crippen molar-refractivity contribution in [2.45, 2.75) is 17.9 Å².